The highest BCUT2D eigenvalue weighted by atomic mass is 35.5. The lowest BCUT2D eigenvalue weighted by Crippen LogP contribution is -2.50. The Morgan fingerprint density at radius 2 is 1.59 bits per heavy atom. The van der Waals surface area contributed by atoms with Gasteiger partial charge in [-0.25, -0.2) is 0 Å². The second-order valence-electron chi connectivity index (χ2n) is 6.77. The molecular weight excluding hydrogens is 383 g/mol. The summed E-state index contributed by atoms with van der Waals surface area (Å²) in [5.74, 6) is -0.377. The Hall–Kier alpha value is -2.30. The zero-order valence-corrected chi connectivity index (χ0v) is 16.5. The number of amides is 1. The largest absolute Gasteiger partial charge is 0.350 e. The minimum Gasteiger partial charge on any atom is -0.350 e. The minimum atomic E-state index is -1.09. The Labute approximate surface area is 167 Å². The minimum absolute atomic E-state index is 0.162. The number of benzene rings is 2. The molecule has 4 nitrogen and oxygen atoms in total. The van der Waals surface area contributed by atoms with Gasteiger partial charge in [-0.3, -0.25) is 14.5 Å². The third kappa shape index (κ3) is 2.51. The van der Waals surface area contributed by atoms with Gasteiger partial charge >= 0.3 is 0 Å². The molecule has 0 aliphatic carbocycles. The van der Waals surface area contributed by atoms with Crippen LogP contribution in [0.15, 0.2) is 42.5 Å². The Balaban J connectivity index is 2.07. The summed E-state index contributed by atoms with van der Waals surface area (Å²) >= 11 is 12.2. The molecule has 1 aliphatic rings. The van der Waals surface area contributed by atoms with Gasteiger partial charge in [0, 0.05) is 26.6 Å². The molecule has 1 amide bonds. The summed E-state index contributed by atoms with van der Waals surface area (Å²) < 4.78 is 0. The number of hydrogen-bond donors (Lipinski definition) is 1. The number of fused-ring (bicyclic) bond motifs is 3. The quantitative estimate of drug-likeness (QED) is 0.536. The highest BCUT2D eigenvalue weighted by molar-refractivity contribution is 6.33. The predicted octanol–water partition coefficient (Wildman–Crippen LogP) is 6.14. The fourth-order valence-corrected chi connectivity index (χ4v) is 4.21. The molecule has 27 heavy (non-hydrogen) atoms. The monoisotopic (exact) mass is 400 g/mol. The maximum atomic E-state index is 13.6. The van der Waals surface area contributed by atoms with Crippen molar-refractivity contribution in [3.63, 3.8) is 0 Å². The maximum Gasteiger partial charge on any atom is 0.245 e. The first-order chi connectivity index (χ1) is 12.9. The molecule has 0 radical (unpaired) electrons. The van der Waals surface area contributed by atoms with E-state index < -0.39 is 5.41 Å². The molecule has 0 saturated heterocycles. The molecule has 0 spiro atoms. The van der Waals surface area contributed by atoms with Crippen LogP contribution in [0.2, 0.25) is 10.0 Å². The average molecular weight is 401 g/mol. The van der Waals surface area contributed by atoms with Crippen molar-refractivity contribution in [2.24, 2.45) is 5.41 Å². The molecule has 3 aromatic rings. The first kappa shape index (κ1) is 18.1. The summed E-state index contributed by atoms with van der Waals surface area (Å²) in [5.41, 5.74) is 1.36. The van der Waals surface area contributed by atoms with Crippen LogP contribution in [0, 0.1) is 5.41 Å². The fourth-order valence-electron chi connectivity index (χ4n) is 3.91. The first-order valence-electron chi connectivity index (χ1n) is 8.89. The molecular formula is C21H18Cl2N2O2. The van der Waals surface area contributed by atoms with Crippen LogP contribution in [0.5, 0.6) is 0 Å². The third-order valence-electron chi connectivity index (χ3n) is 5.52. The SMILES string of the molecule is CCC1(CC)C(=O)c2[nH]c3ccc(Cl)cc3c2N(c2ccc(Cl)cc2)C1=O. The van der Waals surface area contributed by atoms with Crippen molar-refractivity contribution in [2.75, 3.05) is 4.90 Å². The molecule has 0 bridgehead atoms. The van der Waals surface area contributed by atoms with Crippen LogP contribution in [0.1, 0.15) is 37.2 Å². The second kappa shape index (κ2) is 6.39. The Kier molecular flexibility index (Phi) is 4.28. The van der Waals surface area contributed by atoms with Gasteiger partial charge in [-0.05, 0) is 55.3 Å². The van der Waals surface area contributed by atoms with Gasteiger partial charge in [0.15, 0.2) is 5.78 Å². The van der Waals surface area contributed by atoms with E-state index in [2.05, 4.69) is 4.98 Å². The lowest BCUT2D eigenvalue weighted by Gasteiger charge is -2.39. The number of nitrogens with one attached hydrogen (secondary N) is 1. The number of ketones is 1. The topological polar surface area (TPSA) is 53.2 Å². The fraction of sp³-hybridized carbons (Fsp3) is 0.238. The summed E-state index contributed by atoms with van der Waals surface area (Å²) in [7, 11) is 0. The van der Waals surface area contributed by atoms with Crippen molar-refractivity contribution in [2.45, 2.75) is 26.7 Å². The van der Waals surface area contributed by atoms with Gasteiger partial charge in [0.1, 0.15) is 11.1 Å². The Morgan fingerprint density at radius 3 is 2.22 bits per heavy atom. The molecule has 4 rings (SSSR count). The van der Waals surface area contributed by atoms with Gasteiger partial charge < -0.3 is 4.98 Å². The Bertz CT molecular complexity index is 1070. The number of carbonyl (C=O) groups excluding carboxylic acids is 2. The van der Waals surface area contributed by atoms with Crippen LogP contribution in [-0.4, -0.2) is 16.7 Å². The van der Waals surface area contributed by atoms with E-state index in [4.69, 9.17) is 23.2 Å². The van der Waals surface area contributed by atoms with Crippen molar-refractivity contribution < 1.29 is 9.59 Å². The molecule has 2 aromatic carbocycles. The first-order valence-corrected chi connectivity index (χ1v) is 9.64. The summed E-state index contributed by atoms with van der Waals surface area (Å²) in [4.78, 5) is 31.8. The summed E-state index contributed by atoms with van der Waals surface area (Å²) in [6.07, 6.45) is 0.863. The van der Waals surface area contributed by atoms with Gasteiger partial charge in [-0.15, -0.1) is 0 Å². The molecule has 1 aromatic heterocycles. The predicted molar refractivity (Wildman–Crippen MR) is 109 cm³/mol. The maximum absolute atomic E-state index is 13.6. The van der Waals surface area contributed by atoms with E-state index in [1.54, 1.807) is 41.3 Å². The van der Waals surface area contributed by atoms with Crippen LogP contribution < -0.4 is 4.90 Å². The summed E-state index contributed by atoms with van der Waals surface area (Å²) in [6.45, 7) is 3.76. The van der Waals surface area contributed by atoms with Crippen molar-refractivity contribution in [1.29, 1.82) is 0 Å². The zero-order chi connectivity index (χ0) is 19.3. The van der Waals surface area contributed by atoms with E-state index in [0.717, 1.165) is 10.9 Å². The molecule has 0 unspecified atom stereocenters. The van der Waals surface area contributed by atoms with Crippen molar-refractivity contribution >= 4 is 57.2 Å². The van der Waals surface area contributed by atoms with Crippen molar-refractivity contribution in [3.8, 4) is 0 Å². The van der Waals surface area contributed by atoms with Crippen molar-refractivity contribution in [3.05, 3.63) is 58.2 Å². The highest BCUT2D eigenvalue weighted by Gasteiger charge is 2.52. The molecule has 0 atom stereocenters. The van der Waals surface area contributed by atoms with E-state index >= 15 is 0 Å². The van der Waals surface area contributed by atoms with E-state index in [0.29, 0.717) is 40.0 Å². The number of nitrogens with zero attached hydrogens (tertiary/aromatic N) is 1. The van der Waals surface area contributed by atoms with Gasteiger partial charge in [0.05, 0.1) is 5.69 Å². The smallest absolute Gasteiger partial charge is 0.245 e. The van der Waals surface area contributed by atoms with Gasteiger partial charge in [0.2, 0.25) is 5.91 Å². The van der Waals surface area contributed by atoms with E-state index in [9.17, 15) is 9.59 Å². The summed E-state index contributed by atoms with van der Waals surface area (Å²) in [5, 5.41) is 1.87. The number of anilines is 2. The average Bonchev–Trinajstić information content (AvgIpc) is 3.03. The zero-order valence-electron chi connectivity index (χ0n) is 15.0. The molecule has 6 heteroatoms. The number of halogens is 2. The number of Topliss-reactive ketones (excluding diaryl/α,β-unsaturated/α-hetero) is 1. The molecule has 138 valence electrons. The molecule has 0 fully saturated rings. The van der Waals surface area contributed by atoms with Crippen molar-refractivity contribution in [1.82, 2.24) is 4.98 Å². The van der Waals surface area contributed by atoms with Gasteiger partial charge in [0.25, 0.3) is 0 Å². The van der Waals surface area contributed by atoms with Crippen LogP contribution in [0.3, 0.4) is 0 Å². The number of aromatic nitrogens is 1. The van der Waals surface area contributed by atoms with E-state index in [1.165, 1.54) is 0 Å². The highest BCUT2D eigenvalue weighted by Crippen LogP contribution is 2.48. The van der Waals surface area contributed by atoms with Gasteiger partial charge in [-0.2, -0.15) is 0 Å². The standard InChI is InChI=1S/C21H18Cl2N2O2/c1-3-21(4-2)19(26)17-18(15-11-13(23)7-10-16(15)24-17)25(20(21)27)14-8-5-12(22)6-9-14/h5-11,24H,3-4H2,1-2H3. The van der Waals surface area contributed by atoms with E-state index in [1.807, 2.05) is 19.9 Å². The van der Waals surface area contributed by atoms with Crippen LogP contribution in [0.4, 0.5) is 11.4 Å². The van der Waals surface area contributed by atoms with Crippen LogP contribution in [-0.2, 0) is 4.79 Å². The number of aromatic amines is 1. The van der Waals surface area contributed by atoms with Crippen LogP contribution >= 0.6 is 23.2 Å². The third-order valence-corrected chi connectivity index (χ3v) is 6.01. The molecule has 1 N–H and O–H groups in total. The molecule has 2 heterocycles. The van der Waals surface area contributed by atoms with E-state index in [-0.39, 0.29) is 11.7 Å². The van der Waals surface area contributed by atoms with Gasteiger partial charge in [-0.1, -0.05) is 37.0 Å². The molecule has 1 aliphatic heterocycles. The lowest BCUT2D eigenvalue weighted by atomic mass is 9.73. The number of H-pyrrole nitrogens is 1. The number of rotatable bonds is 3. The normalized spacial score (nSPS) is 16.1. The number of carbonyl (C=O) groups is 2. The van der Waals surface area contributed by atoms with Crippen LogP contribution in [0.25, 0.3) is 10.9 Å². The number of hydrogen-bond acceptors (Lipinski definition) is 2. The molecule has 0 saturated carbocycles. The Morgan fingerprint density at radius 1 is 0.963 bits per heavy atom. The lowest BCUT2D eigenvalue weighted by molar-refractivity contribution is -0.125. The second-order valence-corrected chi connectivity index (χ2v) is 7.65. The summed E-state index contributed by atoms with van der Waals surface area (Å²) in [6, 6.07) is 12.4.